The second-order valence-corrected chi connectivity index (χ2v) is 4.93. The first-order chi connectivity index (χ1) is 9.60. The van der Waals surface area contributed by atoms with Crippen molar-refractivity contribution < 1.29 is 8.78 Å². The summed E-state index contributed by atoms with van der Waals surface area (Å²) in [6.07, 6.45) is 0. The lowest BCUT2D eigenvalue weighted by Gasteiger charge is -2.08. The number of aromatic nitrogens is 2. The van der Waals surface area contributed by atoms with E-state index in [0.29, 0.717) is 27.6 Å². The van der Waals surface area contributed by atoms with Gasteiger partial charge in [0, 0.05) is 11.1 Å². The van der Waals surface area contributed by atoms with E-state index in [0.717, 1.165) is 12.1 Å². The number of hydrogen-bond acceptors (Lipinski definition) is 1. The molecular weight excluding hydrogens is 305 g/mol. The van der Waals surface area contributed by atoms with Crippen molar-refractivity contribution in [3.8, 4) is 5.69 Å². The van der Waals surface area contributed by atoms with Gasteiger partial charge in [-0.25, -0.2) is 13.8 Å². The van der Waals surface area contributed by atoms with E-state index in [1.807, 2.05) is 0 Å². The maximum atomic E-state index is 13.4. The van der Waals surface area contributed by atoms with E-state index in [2.05, 4.69) is 4.98 Å². The molecule has 0 saturated carbocycles. The first kappa shape index (κ1) is 13.3. The van der Waals surface area contributed by atoms with Crippen LogP contribution in [0.5, 0.6) is 0 Å². The van der Waals surface area contributed by atoms with Gasteiger partial charge in [-0.15, -0.1) is 11.6 Å². The number of benzene rings is 2. The second-order valence-electron chi connectivity index (χ2n) is 4.23. The Morgan fingerprint density at radius 3 is 2.55 bits per heavy atom. The van der Waals surface area contributed by atoms with Crippen molar-refractivity contribution in [2.24, 2.45) is 0 Å². The van der Waals surface area contributed by atoms with Gasteiger partial charge >= 0.3 is 0 Å². The lowest BCUT2D eigenvalue weighted by atomic mass is 10.2. The second kappa shape index (κ2) is 5.04. The highest BCUT2D eigenvalue weighted by Crippen LogP contribution is 2.26. The molecule has 0 radical (unpaired) electrons. The third-order valence-electron chi connectivity index (χ3n) is 2.97. The van der Waals surface area contributed by atoms with Gasteiger partial charge in [-0.05, 0) is 30.3 Å². The smallest absolute Gasteiger partial charge is 0.160 e. The molecule has 0 N–H and O–H groups in total. The molecule has 0 unspecified atom stereocenters. The summed E-state index contributed by atoms with van der Waals surface area (Å²) in [7, 11) is 0. The molecule has 3 rings (SSSR count). The molecule has 0 amide bonds. The molecular formula is C14H8Cl2F2N2. The maximum absolute atomic E-state index is 13.4. The molecule has 0 spiro atoms. The summed E-state index contributed by atoms with van der Waals surface area (Å²) in [5, 5.41) is 0.530. The van der Waals surface area contributed by atoms with E-state index in [4.69, 9.17) is 23.2 Å². The van der Waals surface area contributed by atoms with Crippen LogP contribution >= 0.6 is 23.2 Å². The van der Waals surface area contributed by atoms with Crippen molar-refractivity contribution >= 4 is 34.2 Å². The standard InChI is InChI=1S/C14H8Cl2F2N2/c15-7-14-19-12-4-1-8(16)5-13(12)20(14)9-2-3-10(17)11(18)6-9/h1-6H,7H2. The lowest BCUT2D eigenvalue weighted by molar-refractivity contribution is 0.508. The molecule has 0 fully saturated rings. The fourth-order valence-electron chi connectivity index (χ4n) is 2.10. The Hall–Kier alpha value is -1.65. The third kappa shape index (κ3) is 2.15. The Morgan fingerprint density at radius 2 is 1.85 bits per heavy atom. The predicted octanol–water partition coefficient (Wildman–Crippen LogP) is 4.70. The van der Waals surface area contributed by atoms with Crippen molar-refractivity contribution in [2.45, 2.75) is 5.88 Å². The quantitative estimate of drug-likeness (QED) is 0.627. The Kier molecular flexibility index (Phi) is 3.36. The SMILES string of the molecule is Fc1ccc(-n2c(CCl)nc3ccc(Cl)cc32)cc1F. The van der Waals surface area contributed by atoms with Crippen LogP contribution in [0.15, 0.2) is 36.4 Å². The number of imidazole rings is 1. The van der Waals surface area contributed by atoms with Gasteiger partial charge in [0.25, 0.3) is 0 Å². The zero-order chi connectivity index (χ0) is 14.3. The number of hydrogen-bond donors (Lipinski definition) is 0. The van der Waals surface area contributed by atoms with Gasteiger partial charge in [0.1, 0.15) is 5.82 Å². The summed E-state index contributed by atoms with van der Waals surface area (Å²) < 4.78 is 28.1. The molecule has 0 aliphatic heterocycles. The molecule has 1 aromatic heterocycles. The molecule has 2 aromatic carbocycles. The van der Waals surface area contributed by atoms with E-state index in [1.165, 1.54) is 6.07 Å². The summed E-state index contributed by atoms with van der Waals surface area (Å²) in [6.45, 7) is 0. The number of fused-ring (bicyclic) bond motifs is 1. The minimum absolute atomic E-state index is 0.144. The van der Waals surface area contributed by atoms with Gasteiger partial charge in [-0.2, -0.15) is 0 Å². The van der Waals surface area contributed by atoms with Gasteiger partial charge in [0.2, 0.25) is 0 Å². The normalized spacial score (nSPS) is 11.2. The number of rotatable bonds is 2. The molecule has 6 heteroatoms. The Bertz CT molecular complexity index is 799. The van der Waals surface area contributed by atoms with Crippen LogP contribution in [0.1, 0.15) is 5.82 Å². The molecule has 0 aliphatic carbocycles. The average molecular weight is 313 g/mol. The van der Waals surface area contributed by atoms with Crippen molar-refractivity contribution in [3.05, 3.63) is 58.9 Å². The average Bonchev–Trinajstić information content (AvgIpc) is 2.79. The highest BCUT2D eigenvalue weighted by molar-refractivity contribution is 6.31. The molecule has 0 aliphatic rings. The summed E-state index contributed by atoms with van der Waals surface area (Å²) in [4.78, 5) is 4.36. The van der Waals surface area contributed by atoms with Crippen molar-refractivity contribution in [3.63, 3.8) is 0 Å². The minimum Gasteiger partial charge on any atom is -0.295 e. The molecule has 2 nitrogen and oxygen atoms in total. The predicted molar refractivity (Wildman–Crippen MR) is 75.6 cm³/mol. The van der Waals surface area contributed by atoms with E-state index in [1.54, 1.807) is 22.8 Å². The first-order valence-electron chi connectivity index (χ1n) is 5.78. The molecule has 1 heterocycles. The summed E-state index contributed by atoms with van der Waals surface area (Å²) >= 11 is 11.9. The van der Waals surface area contributed by atoms with Gasteiger partial charge in [-0.1, -0.05) is 11.6 Å². The molecule has 0 bridgehead atoms. The number of halogens is 4. The van der Waals surface area contributed by atoms with Crippen LogP contribution in [-0.2, 0) is 5.88 Å². The van der Waals surface area contributed by atoms with E-state index in [-0.39, 0.29) is 5.88 Å². The van der Waals surface area contributed by atoms with Crippen LogP contribution < -0.4 is 0 Å². The van der Waals surface area contributed by atoms with Gasteiger partial charge in [0.05, 0.1) is 22.6 Å². The largest absolute Gasteiger partial charge is 0.295 e. The Morgan fingerprint density at radius 1 is 1.05 bits per heavy atom. The van der Waals surface area contributed by atoms with Crippen molar-refractivity contribution in [2.75, 3.05) is 0 Å². The molecule has 3 aromatic rings. The molecule has 20 heavy (non-hydrogen) atoms. The zero-order valence-corrected chi connectivity index (χ0v) is 11.6. The van der Waals surface area contributed by atoms with Gasteiger partial charge in [0.15, 0.2) is 11.6 Å². The van der Waals surface area contributed by atoms with Crippen LogP contribution in [-0.4, -0.2) is 9.55 Å². The van der Waals surface area contributed by atoms with Crippen molar-refractivity contribution in [1.82, 2.24) is 9.55 Å². The fraction of sp³-hybridized carbons (Fsp3) is 0.0714. The molecule has 0 atom stereocenters. The van der Waals surface area contributed by atoms with Crippen LogP contribution in [0.3, 0.4) is 0 Å². The number of alkyl halides is 1. The Balaban J connectivity index is 2.32. The van der Waals surface area contributed by atoms with Gasteiger partial charge < -0.3 is 0 Å². The summed E-state index contributed by atoms with van der Waals surface area (Å²) in [6, 6.07) is 8.82. The topological polar surface area (TPSA) is 17.8 Å². The van der Waals surface area contributed by atoms with Gasteiger partial charge in [-0.3, -0.25) is 4.57 Å². The highest BCUT2D eigenvalue weighted by atomic mass is 35.5. The summed E-state index contributed by atoms with van der Waals surface area (Å²) in [5.74, 6) is -1.14. The lowest BCUT2D eigenvalue weighted by Crippen LogP contribution is -2.00. The highest BCUT2D eigenvalue weighted by Gasteiger charge is 2.13. The van der Waals surface area contributed by atoms with Crippen LogP contribution in [0, 0.1) is 11.6 Å². The fourth-order valence-corrected chi connectivity index (χ4v) is 2.45. The zero-order valence-electron chi connectivity index (χ0n) is 10.1. The monoisotopic (exact) mass is 312 g/mol. The third-order valence-corrected chi connectivity index (χ3v) is 3.44. The van der Waals surface area contributed by atoms with E-state index < -0.39 is 11.6 Å². The maximum Gasteiger partial charge on any atom is 0.160 e. The van der Waals surface area contributed by atoms with Crippen LogP contribution in [0.4, 0.5) is 8.78 Å². The van der Waals surface area contributed by atoms with E-state index in [9.17, 15) is 8.78 Å². The van der Waals surface area contributed by atoms with Crippen LogP contribution in [0.2, 0.25) is 5.02 Å². The molecule has 0 saturated heterocycles. The van der Waals surface area contributed by atoms with Crippen LogP contribution in [0.25, 0.3) is 16.7 Å². The first-order valence-corrected chi connectivity index (χ1v) is 6.69. The van der Waals surface area contributed by atoms with E-state index >= 15 is 0 Å². The Labute approximate surface area is 123 Å². The summed E-state index contributed by atoms with van der Waals surface area (Å²) in [5.41, 5.74) is 1.83. The minimum atomic E-state index is -0.924. The molecule has 102 valence electrons. The number of nitrogens with zero attached hydrogens (tertiary/aromatic N) is 2. The van der Waals surface area contributed by atoms with Crippen molar-refractivity contribution in [1.29, 1.82) is 0 Å².